The van der Waals surface area contributed by atoms with E-state index in [2.05, 4.69) is 32.3 Å². The standard InChI is InChI=1S/C17H31N/c1-5-13(3)7-15(6-2)10-18-11-16-8-14(4)9-17(16)12-18/h14-17H,3,5-12H2,1-2,4H3. The summed E-state index contributed by atoms with van der Waals surface area (Å²) in [4.78, 5) is 2.75. The quantitative estimate of drug-likeness (QED) is 0.633. The van der Waals surface area contributed by atoms with Crippen LogP contribution in [-0.2, 0) is 0 Å². The van der Waals surface area contributed by atoms with E-state index in [1.807, 2.05) is 0 Å². The van der Waals surface area contributed by atoms with E-state index >= 15 is 0 Å². The van der Waals surface area contributed by atoms with E-state index in [0.717, 1.165) is 30.1 Å². The summed E-state index contributed by atoms with van der Waals surface area (Å²) in [5, 5.41) is 0. The summed E-state index contributed by atoms with van der Waals surface area (Å²) < 4.78 is 0. The fraction of sp³-hybridized carbons (Fsp3) is 0.882. The van der Waals surface area contributed by atoms with Crippen molar-refractivity contribution in [2.45, 2.75) is 52.9 Å². The van der Waals surface area contributed by atoms with Gasteiger partial charge in [0, 0.05) is 19.6 Å². The predicted octanol–water partition coefficient (Wildman–Crippen LogP) is 4.35. The minimum atomic E-state index is 0.841. The van der Waals surface area contributed by atoms with Crippen LogP contribution in [0.4, 0.5) is 0 Å². The Hall–Kier alpha value is -0.300. The average molecular weight is 249 g/mol. The van der Waals surface area contributed by atoms with Gasteiger partial charge in [-0.2, -0.15) is 0 Å². The summed E-state index contributed by atoms with van der Waals surface area (Å²) in [7, 11) is 0. The molecule has 1 saturated heterocycles. The fourth-order valence-corrected chi connectivity index (χ4v) is 4.10. The van der Waals surface area contributed by atoms with Crippen molar-refractivity contribution in [3.63, 3.8) is 0 Å². The van der Waals surface area contributed by atoms with E-state index < -0.39 is 0 Å². The minimum Gasteiger partial charge on any atom is -0.302 e. The van der Waals surface area contributed by atoms with Gasteiger partial charge in [0.25, 0.3) is 0 Å². The lowest BCUT2D eigenvalue weighted by Crippen LogP contribution is -2.28. The van der Waals surface area contributed by atoms with Gasteiger partial charge in [0.2, 0.25) is 0 Å². The first kappa shape index (κ1) is 14.1. The van der Waals surface area contributed by atoms with Gasteiger partial charge in [-0.15, -0.1) is 0 Å². The smallest absolute Gasteiger partial charge is 0.00131 e. The zero-order valence-electron chi connectivity index (χ0n) is 12.6. The molecular weight excluding hydrogens is 218 g/mol. The van der Waals surface area contributed by atoms with Gasteiger partial charge >= 0.3 is 0 Å². The van der Waals surface area contributed by atoms with Crippen LogP contribution in [0.15, 0.2) is 12.2 Å². The maximum absolute atomic E-state index is 4.18. The van der Waals surface area contributed by atoms with Crippen LogP contribution in [0.3, 0.4) is 0 Å². The second-order valence-electron chi connectivity index (χ2n) is 6.90. The van der Waals surface area contributed by atoms with E-state index in [0.29, 0.717) is 0 Å². The van der Waals surface area contributed by atoms with Crippen LogP contribution in [0, 0.1) is 23.7 Å². The zero-order valence-corrected chi connectivity index (χ0v) is 12.6. The van der Waals surface area contributed by atoms with Gasteiger partial charge < -0.3 is 4.90 Å². The Labute approximate surface area is 114 Å². The highest BCUT2D eigenvalue weighted by atomic mass is 15.2. The van der Waals surface area contributed by atoms with E-state index in [9.17, 15) is 0 Å². The van der Waals surface area contributed by atoms with E-state index in [1.54, 1.807) is 0 Å². The molecule has 2 rings (SSSR count). The SMILES string of the molecule is C=C(CC)CC(CC)CN1CC2CC(C)CC2C1. The first-order valence-corrected chi connectivity index (χ1v) is 8.01. The molecule has 18 heavy (non-hydrogen) atoms. The Bertz CT molecular complexity index is 269. The first-order valence-electron chi connectivity index (χ1n) is 8.01. The van der Waals surface area contributed by atoms with Gasteiger partial charge in [0.1, 0.15) is 0 Å². The number of hydrogen-bond acceptors (Lipinski definition) is 1. The fourth-order valence-electron chi connectivity index (χ4n) is 4.10. The number of fused-ring (bicyclic) bond motifs is 1. The molecule has 0 aromatic carbocycles. The molecule has 0 spiro atoms. The molecule has 0 aromatic rings. The second-order valence-corrected chi connectivity index (χ2v) is 6.90. The third kappa shape index (κ3) is 3.38. The first-order chi connectivity index (χ1) is 8.62. The van der Waals surface area contributed by atoms with Gasteiger partial charge in [0.15, 0.2) is 0 Å². The Balaban J connectivity index is 1.78. The second kappa shape index (κ2) is 6.23. The normalized spacial score (nSPS) is 33.6. The van der Waals surface area contributed by atoms with Crippen molar-refractivity contribution in [1.29, 1.82) is 0 Å². The van der Waals surface area contributed by atoms with Crippen molar-refractivity contribution < 1.29 is 0 Å². The van der Waals surface area contributed by atoms with Crippen molar-refractivity contribution in [2.75, 3.05) is 19.6 Å². The lowest BCUT2D eigenvalue weighted by molar-refractivity contribution is 0.247. The van der Waals surface area contributed by atoms with Gasteiger partial charge in [-0.1, -0.05) is 39.3 Å². The van der Waals surface area contributed by atoms with Gasteiger partial charge in [-0.3, -0.25) is 0 Å². The summed E-state index contributed by atoms with van der Waals surface area (Å²) in [5.74, 6) is 3.87. The minimum absolute atomic E-state index is 0.841. The topological polar surface area (TPSA) is 3.24 Å². The average Bonchev–Trinajstić information content (AvgIpc) is 2.84. The Morgan fingerprint density at radius 2 is 1.83 bits per heavy atom. The lowest BCUT2D eigenvalue weighted by atomic mass is 9.96. The van der Waals surface area contributed by atoms with Crippen LogP contribution in [0.5, 0.6) is 0 Å². The zero-order chi connectivity index (χ0) is 13.1. The summed E-state index contributed by atoms with van der Waals surface area (Å²) in [5.41, 5.74) is 1.44. The molecule has 0 aromatic heterocycles. The highest BCUT2D eigenvalue weighted by Gasteiger charge is 2.39. The molecule has 1 heteroatoms. The highest BCUT2D eigenvalue weighted by molar-refractivity contribution is 4.96. The molecule has 0 amide bonds. The number of allylic oxidation sites excluding steroid dienone is 1. The molecule has 1 heterocycles. The summed E-state index contributed by atoms with van der Waals surface area (Å²) in [6.07, 6.45) is 6.68. The molecule has 1 nitrogen and oxygen atoms in total. The molecule has 0 radical (unpaired) electrons. The molecule has 0 N–H and O–H groups in total. The summed E-state index contributed by atoms with van der Waals surface area (Å²) >= 11 is 0. The van der Waals surface area contributed by atoms with Crippen molar-refractivity contribution in [3.8, 4) is 0 Å². The molecule has 1 aliphatic heterocycles. The van der Waals surface area contributed by atoms with Crippen LogP contribution in [0.25, 0.3) is 0 Å². The third-order valence-electron chi connectivity index (χ3n) is 5.23. The molecule has 2 fully saturated rings. The van der Waals surface area contributed by atoms with Crippen molar-refractivity contribution in [1.82, 2.24) is 4.90 Å². The molecule has 0 bridgehead atoms. The van der Waals surface area contributed by atoms with Gasteiger partial charge in [-0.05, 0) is 49.4 Å². The van der Waals surface area contributed by atoms with Crippen LogP contribution < -0.4 is 0 Å². The van der Waals surface area contributed by atoms with Crippen LogP contribution in [-0.4, -0.2) is 24.5 Å². The Morgan fingerprint density at radius 1 is 1.22 bits per heavy atom. The highest BCUT2D eigenvalue weighted by Crippen LogP contribution is 2.41. The molecular formula is C17H31N. The van der Waals surface area contributed by atoms with Gasteiger partial charge in [0.05, 0.1) is 0 Å². The number of rotatable bonds is 6. The van der Waals surface area contributed by atoms with Crippen molar-refractivity contribution in [3.05, 3.63) is 12.2 Å². The van der Waals surface area contributed by atoms with Crippen molar-refractivity contribution >= 4 is 0 Å². The van der Waals surface area contributed by atoms with Gasteiger partial charge in [-0.25, -0.2) is 0 Å². The largest absolute Gasteiger partial charge is 0.302 e. The van der Waals surface area contributed by atoms with Crippen LogP contribution in [0.1, 0.15) is 52.9 Å². The lowest BCUT2D eigenvalue weighted by Gasteiger charge is -2.24. The van der Waals surface area contributed by atoms with Crippen LogP contribution in [0.2, 0.25) is 0 Å². The Morgan fingerprint density at radius 3 is 2.33 bits per heavy atom. The van der Waals surface area contributed by atoms with E-state index in [-0.39, 0.29) is 0 Å². The molecule has 3 atom stereocenters. The van der Waals surface area contributed by atoms with Crippen LogP contribution >= 0.6 is 0 Å². The molecule has 104 valence electrons. The molecule has 1 aliphatic carbocycles. The van der Waals surface area contributed by atoms with E-state index in [4.69, 9.17) is 0 Å². The molecule has 3 unspecified atom stereocenters. The maximum atomic E-state index is 4.18. The molecule has 2 aliphatic rings. The molecule has 1 saturated carbocycles. The maximum Gasteiger partial charge on any atom is 0.00131 e. The Kier molecular flexibility index (Phi) is 4.89. The number of likely N-dealkylation sites (tertiary alicyclic amines) is 1. The number of nitrogens with zero attached hydrogens (tertiary/aromatic N) is 1. The third-order valence-corrected chi connectivity index (χ3v) is 5.23. The monoisotopic (exact) mass is 249 g/mol. The predicted molar refractivity (Wildman–Crippen MR) is 79.6 cm³/mol. The summed E-state index contributed by atoms with van der Waals surface area (Å²) in [6, 6.07) is 0. The summed E-state index contributed by atoms with van der Waals surface area (Å²) in [6.45, 7) is 15.3. The number of hydrogen-bond donors (Lipinski definition) is 0. The van der Waals surface area contributed by atoms with Crippen molar-refractivity contribution in [2.24, 2.45) is 23.7 Å². The van der Waals surface area contributed by atoms with E-state index in [1.165, 1.54) is 50.9 Å².